The highest BCUT2D eigenvalue weighted by Gasteiger charge is 2.08. The van der Waals surface area contributed by atoms with E-state index in [4.69, 9.17) is 34.8 Å². The van der Waals surface area contributed by atoms with Crippen LogP contribution in [0.4, 0.5) is 0 Å². The van der Waals surface area contributed by atoms with Gasteiger partial charge in [0.05, 0.1) is 5.52 Å². The Hall–Kier alpha value is -0.500. The summed E-state index contributed by atoms with van der Waals surface area (Å²) >= 11 is 17.8. The highest BCUT2D eigenvalue weighted by molar-refractivity contribution is 6.33. The molecule has 1 nitrogen and oxygen atoms in total. The van der Waals surface area contributed by atoms with E-state index in [2.05, 4.69) is 4.98 Å². The van der Waals surface area contributed by atoms with Crippen LogP contribution in [0.1, 0.15) is 11.1 Å². The quantitative estimate of drug-likeness (QED) is 0.575. The van der Waals surface area contributed by atoms with Gasteiger partial charge in [-0.15, -0.1) is 11.6 Å². The number of hydrogen-bond acceptors (Lipinski definition) is 1. The summed E-state index contributed by atoms with van der Waals surface area (Å²) in [5, 5.41) is 2.27. The van der Waals surface area contributed by atoms with Gasteiger partial charge in [0.25, 0.3) is 0 Å². The highest BCUT2D eigenvalue weighted by atomic mass is 35.5. The van der Waals surface area contributed by atoms with Crippen molar-refractivity contribution in [2.45, 2.75) is 13.3 Å². The van der Waals surface area contributed by atoms with E-state index in [0.717, 1.165) is 28.5 Å². The Labute approximate surface area is 109 Å². The maximum Gasteiger partial charge on any atom is 0.133 e. The number of nitrogens with zero attached hydrogens (tertiary/aromatic N) is 1. The second-order valence-corrected chi connectivity index (χ2v) is 4.76. The van der Waals surface area contributed by atoms with Crippen LogP contribution in [0.2, 0.25) is 10.2 Å². The topological polar surface area (TPSA) is 12.9 Å². The van der Waals surface area contributed by atoms with E-state index in [1.807, 2.05) is 25.1 Å². The fourth-order valence-corrected chi connectivity index (χ4v) is 2.25. The molecule has 2 rings (SSSR count). The molecule has 1 aromatic heterocycles. The molecule has 0 aliphatic heterocycles. The van der Waals surface area contributed by atoms with E-state index in [0.29, 0.717) is 16.1 Å². The average molecular weight is 275 g/mol. The Bertz CT molecular complexity index is 537. The van der Waals surface area contributed by atoms with E-state index < -0.39 is 0 Å². The van der Waals surface area contributed by atoms with Gasteiger partial charge in [0.2, 0.25) is 0 Å². The molecule has 16 heavy (non-hydrogen) atoms. The minimum absolute atomic E-state index is 0.513. The van der Waals surface area contributed by atoms with Gasteiger partial charge in [-0.05, 0) is 36.6 Å². The zero-order chi connectivity index (χ0) is 11.7. The summed E-state index contributed by atoms with van der Waals surface area (Å²) in [4.78, 5) is 4.38. The summed E-state index contributed by atoms with van der Waals surface area (Å²) < 4.78 is 0. The summed E-state index contributed by atoms with van der Waals surface area (Å²) in [5.41, 5.74) is 2.79. The van der Waals surface area contributed by atoms with Crippen molar-refractivity contribution in [1.29, 1.82) is 0 Å². The molecule has 4 heteroatoms. The monoisotopic (exact) mass is 273 g/mol. The van der Waals surface area contributed by atoms with Crippen LogP contribution in [-0.2, 0) is 6.42 Å². The molecule has 1 aromatic carbocycles. The van der Waals surface area contributed by atoms with E-state index in [1.165, 1.54) is 0 Å². The summed E-state index contributed by atoms with van der Waals surface area (Å²) in [6.07, 6.45) is 0.727. The minimum atomic E-state index is 0.513. The molecule has 0 spiro atoms. The van der Waals surface area contributed by atoms with Crippen LogP contribution in [-0.4, -0.2) is 10.9 Å². The third-order valence-electron chi connectivity index (χ3n) is 2.56. The van der Waals surface area contributed by atoms with Crippen LogP contribution in [0.25, 0.3) is 10.9 Å². The number of aryl methyl sites for hydroxylation is 2. The van der Waals surface area contributed by atoms with Gasteiger partial charge in [-0.3, -0.25) is 0 Å². The van der Waals surface area contributed by atoms with Crippen molar-refractivity contribution in [1.82, 2.24) is 4.98 Å². The predicted octanol–water partition coefficient (Wildman–Crippen LogP) is 4.63. The Morgan fingerprint density at radius 2 is 2.00 bits per heavy atom. The normalized spacial score (nSPS) is 11.0. The number of pyridine rings is 1. The molecule has 0 aliphatic rings. The molecule has 0 amide bonds. The minimum Gasteiger partial charge on any atom is -0.235 e. The maximum atomic E-state index is 6.09. The number of rotatable bonds is 2. The maximum absolute atomic E-state index is 6.09. The van der Waals surface area contributed by atoms with Gasteiger partial charge in [0.15, 0.2) is 0 Å². The van der Waals surface area contributed by atoms with Crippen LogP contribution in [0.15, 0.2) is 18.2 Å². The average Bonchev–Trinajstić information content (AvgIpc) is 2.26. The molecule has 0 unspecified atom stereocenters. The lowest BCUT2D eigenvalue weighted by Gasteiger charge is -2.07. The number of benzene rings is 1. The molecule has 1 heterocycles. The molecule has 0 N–H and O–H groups in total. The smallest absolute Gasteiger partial charge is 0.133 e. The number of hydrogen-bond donors (Lipinski definition) is 0. The zero-order valence-electron chi connectivity index (χ0n) is 8.73. The molecule has 84 valence electrons. The number of halogens is 3. The van der Waals surface area contributed by atoms with Gasteiger partial charge < -0.3 is 0 Å². The van der Waals surface area contributed by atoms with Crippen LogP contribution in [0, 0.1) is 6.92 Å². The fraction of sp³-hybridized carbons (Fsp3) is 0.250. The molecular weight excluding hydrogens is 264 g/mol. The van der Waals surface area contributed by atoms with Crippen molar-refractivity contribution in [2.75, 3.05) is 5.88 Å². The Balaban J connectivity index is 2.69. The van der Waals surface area contributed by atoms with E-state index in [1.54, 1.807) is 0 Å². The molecule has 0 bridgehead atoms. The second kappa shape index (κ2) is 4.79. The van der Waals surface area contributed by atoms with Crippen LogP contribution in [0.5, 0.6) is 0 Å². The van der Waals surface area contributed by atoms with Gasteiger partial charge in [-0.1, -0.05) is 29.3 Å². The van der Waals surface area contributed by atoms with Gasteiger partial charge >= 0.3 is 0 Å². The van der Waals surface area contributed by atoms with Gasteiger partial charge in [-0.25, -0.2) is 4.98 Å². The van der Waals surface area contributed by atoms with E-state index in [-0.39, 0.29) is 0 Å². The second-order valence-electron chi connectivity index (χ2n) is 3.62. The van der Waals surface area contributed by atoms with Gasteiger partial charge in [0, 0.05) is 16.3 Å². The summed E-state index contributed by atoms with van der Waals surface area (Å²) in [6.45, 7) is 1.94. The van der Waals surface area contributed by atoms with Crippen molar-refractivity contribution in [2.24, 2.45) is 0 Å². The van der Waals surface area contributed by atoms with Crippen LogP contribution >= 0.6 is 34.8 Å². The molecule has 0 saturated heterocycles. The van der Waals surface area contributed by atoms with Gasteiger partial charge in [0.1, 0.15) is 5.15 Å². The molecule has 0 saturated carbocycles. The van der Waals surface area contributed by atoms with E-state index in [9.17, 15) is 0 Å². The lowest BCUT2D eigenvalue weighted by Crippen LogP contribution is -1.93. The molecule has 2 aromatic rings. The first-order valence-corrected chi connectivity index (χ1v) is 6.22. The van der Waals surface area contributed by atoms with Crippen LogP contribution < -0.4 is 0 Å². The van der Waals surface area contributed by atoms with Gasteiger partial charge in [-0.2, -0.15) is 0 Å². The first-order valence-electron chi connectivity index (χ1n) is 4.93. The predicted molar refractivity (Wildman–Crippen MR) is 70.9 cm³/mol. The summed E-state index contributed by atoms with van der Waals surface area (Å²) in [6, 6.07) is 5.85. The molecule has 0 fully saturated rings. The molecule has 0 radical (unpaired) electrons. The first-order chi connectivity index (χ1) is 7.63. The Kier molecular flexibility index (Phi) is 3.58. The van der Waals surface area contributed by atoms with Crippen molar-refractivity contribution in [3.05, 3.63) is 39.5 Å². The zero-order valence-corrected chi connectivity index (χ0v) is 11.0. The number of aromatic nitrogens is 1. The highest BCUT2D eigenvalue weighted by Crippen LogP contribution is 2.27. The fourth-order valence-electron chi connectivity index (χ4n) is 1.66. The lowest BCUT2D eigenvalue weighted by atomic mass is 10.1. The molecule has 0 aliphatic carbocycles. The van der Waals surface area contributed by atoms with Crippen molar-refractivity contribution in [3.8, 4) is 0 Å². The standard InChI is InChI=1S/C12H10Cl3N/c1-7-10(14)3-2-8-6-9(4-5-13)12(15)16-11(7)8/h2-3,6H,4-5H2,1H3. The summed E-state index contributed by atoms with van der Waals surface area (Å²) in [5.74, 6) is 0.541. The van der Waals surface area contributed by atoms with Crippen molar-refractivity contribution in [3.63, 3.8) is 0 Å². The Morgan fingerprint density at radius 3 is 2.69 bits per heavy atom. The third-order valence-corrected chi connectivity index (χ3v) is 3.49. The lowest BCUT2D eigenvalue weighted by molar-refractivity contribution is 1.13. The van der Waals surface area contributed by atoms with Crippen molar-refractivity contribution >= 4 is 45.7 Å². The number of alkyl halides is 1. The first kappa shape index (κ1) is 12.0. The van der Waals surface area contributed by atoms with Crippen LogP contribution in [0.3, 0.4) is 0 Å². The summed E-state index contributed by atoms with van der Waals surface area (Å²) in [7, 11) is 0. The number of fused-ring (bicyclic) bond motifs is 1. The van der Waals surface area contributed by atoms with Crippen molar-refractivity contribution < 1.29 is 0 Å². The molecular formula is C12H10Cl3N. The molecule has 0 atom stereocenters. The Morgan fingerprint density at radius 1 is 1.25 bits per heavy atom. The largest absolute Gasteiger partial charge is 0.235 e. The SMILES string of the molecule is Cc1c(Cl)ccc2cc(CCCl)c(Cl)nc12. The third kappa shape index (κ3) is 2.13. The van der Waals surface area contributed by atoms with E-state index >= 15 is 0 Å².